The van der Waals surface area contributed by atoms with Crippen molar-refractivity contribution in [2.75, 3.05) is 0 Å². The molecule has 0 saturated heterocycles. The third kappa shape index (κ3) is 2.17. The highest BCUT2D eigenvalue weighted by Gasteiger charge is 2.14. The first-order chi connectivity index (χ1) is 6.06. The molecule has 1 aromatic carbocycles. The van der Waals surface area contributed by atoms with Crippen LogP contribution in [-0.4, -0.2) is 5.24 Å². The molecule has 0 N–H and O–H groups in total. The zero-order valence-electron chi connectivity index (χ0n) is 6.14. The minimum absolute atomic E-state index is 0.170. The lowest BCUT2D eigenvalue weighted by Crippen LogP contribution is -1.98. The molecule has 0 saturated carbocycles. The van der Waals surface area contributed by atoms with Crippen LogP contribution in [0.1, 0.15) is 15.9 Å². The van der Waals surface area contributed by atoms with Gasteiger partial charge in [0.15, 0.2) is 5.82 Å². The molecule has 0 aromatic heterocycles. The van der Waals surface area contributed by atoms with Gasteiger partial charge in [-0.1, -0.05) is 0 Å². The maximum Gasteiger partial charge on any atom is 0.255 e. The Kier molecular flexibility index (Phi) is 3.22. The first-order valence-corrected chi connectivity index (χ1v) is 4.61. The number of hydrogen-bond acceptors (Lipinski definition) is 2. The molecular formula is C8H2ClFINO. The van der Waals surface area contributed by atoms with Gasteiger partial charge in [0.2, 0.25) is 0 Å². The van der Waals surface area contributed by atoms with Crippen LogP contribution in [0.15, 0.2) is 12.1 Å². The summed E-state index contributed by atoms with van der Waals surface area (Å²) in [5, 5.41) is 7.61. The lowest BCUT2D eigenvalue weighted by molar-refractivity contribution is 0.107. The lowest BCUT2D eigenvalue weighted by atomic mass is 10.1. The topological polar surface area (TPSA) is 40.9 Å². The summed E-state index contributed by atoms with van der Waals surface area (Å²) in [5.41, 5.74) is -0.430. The first kappa shape index (κ1) is 10.4. The van der Waals surface area contributed by atoms with Crippen molar-refractivity contribution in [2.45, 2.75) is 0 Å². The molecule has 2 nitrogen and oxygen atoms in total. The number of carbonyl (C=O) groups is 1. The Morgan fingerprint density at radius 2 is 2.23 bits per heavy atom. The molecule has 0 amide bonds. The van der Waals surface area contributed by atoms with E-state index in [0.717, 1.165) is 0 Å². The molecule has 0 spiro atoms. The van der Waals surface area contributed by atoms with Gasteiger partial charge in [0.25, 0.3) is 5.24 Å². The second kappa shape index (κ2) is 4.03. The number of nitrogens with zero attached hydrogens (tertiary/aromatic N) is 1. The molecule has 66 valence electrons. The number of halogens is 3. The van der Waals surface area contributed by atoms with Gasteiger partial charge in [0.05, 0.1) is 11.1 Å². The quantitative estimate of drug-likeness (QED) is 0.591. The molecule has 0 radical (unpaired) electrons. The second-order valence-electron chi connectivity index (χ2n) is 2.20. The summed E-state index contributed by atoms with van der Waals surface area (Å²) < 4.78 is 13.8. The molecule has 1 rings (SSSR count). The summed E-state index contributed by atoms with van der Waals surface area (Å²) in [5.74, 6) is -0.858. The molecule has 0 atom stereocenters. The van der Waals surface area contributed by atoms with E-state index in [-0.39, 0.29) is 11.1 Å². The predicted octanol–water partition coefficient (Wildman–Crippen LogP) is 2.68. The normalized spacial score (nSPS) is 9.38. The molecular weight excluding hydrogens is 307 g/mol. The number of carbonyl (C=O) groups excluding carboxylic acids is 1. The number of rotatable bonds is 1. The van der Waals surface area contributed by atoms with E-state index in [2.05, 4.69) is 0 Å². The van der Waals surface area contributed by atoms with Crippen LogP contribution in [0, 0.1) is 20.7 Å². The molecule has 5 heteroatoms. The van der Waals surface area contributed by atoms with Crippen LogP contribution in [-0.2, 0) is 0 Å². The zero-order chi connectivity index (χ0) is 10.0. The molecule has 13 heavy (non-hydrogen) atoms. The van der Waals surface area contributed by atoms with Crippen molar-refractivity contribution in [3.8, 4) is 6.07 Å². The van der Waals surface area contributed by atoms with E-state index >= 15 is 0 Å². The number of benzene rings is 1. The van der Waals surface area contributed by atoms with E-state index in [1.54, 1.807) is 6.07 Å². The van der Waals surface area contributed by atoms with E-state index in [9.17, 15) is 9.18 Å². The Bertz CT molecular complexity index is 413. The highest BCUT2D eigenvalue weighted by Crippen LogP contribution is 2.18. The van der Waals surface area contributed by atoms with E-state index in [4.69, 9.17) is 16.9 Å². The molecule has 0 heterocycles. The summed E-state index contributed by atoms with van der Waals surface area (Å²) in [6.45, 7) is 0. The minimum atomic E-state index is -0.896. The predicted molar refractivity (Wildman–Crippen MR) is 54.0 cm³/mol. The van der Waals surface area contributed by atoms with Crippen molar-refractivity contribution in [1.29, 1.82) is 5.26 Å². The fourth-order valence-electron chi connectivity index (χ4n) is 0.814. The van der Waals surface area contributed by atoms with E-state index < -0.39 is 11.1 Å². The fraction of sp³-hybridized carbons (Fsp3) is 0. The van der Waals surface area contributed by atoms with Gasteiger partial charge in [-0.2, -0.15) is 5.26 Å². The molecule has 0 aliphatic heterocycles. The van der Waals surface area contributed by atoms with Crippen molar-refractivity contribution in [3.05, 3.63) is 32.6 Å². The van der Waals surface area contributed by atoms with Crippen molar-refractivity contribution >= 4 is 39.4 Å². The Morgan fingerprint density at radius 3 is 2.69 bits per heavy atom. The monoisotopic (exact) mass is 309 g/mol. The van der Waals surface area contributed by atoms with Crippen molar-refractivity contribution < 1.29 is 9.18 Å². The van der Waals surface area contributed by atoms with Crippen molar-refractivity contribution in [2.24, 2.45) is 0 Å². The maximum atomic E-state index is 13.2. The van der Waals surface area contributed by atoms with Crippen molar-refractivity contribution in [1.82, 2.24) is 0 Å². The van der Waals surface area contributed by atoms with Gasteiger partial charge in [-0.25, -0.2) is 4.39 Å². The highest BCUT2D eigenvalue weighted by molar-refractivity contribution is 14.1. The van der Waals surface area contributed by atoms with Gasteiger partial charge < -0.3 is 0 Å². The van der Waals surface area contributed by atoms with Crippen LogP contribution in [0.3, 0.4) is 0 Å². The summed E-state index contributed by atoms with van der Waals surface area (Å²) in [6.07, 6.45) is 0. The molecule has 0 aliphatic carbocycles. The smallest absolute Gasteiger partial charge is 0.255 e. The summed E-state index contributed by atoms with van der Waals surface area (Å²) in [7, 11) is 0. The Hall–Kier alpha value is -0.670. The van der Waals surface area contributed by atoms with Gasteiger partial charge in [-0.3, -0.25) is 4.79 Å². The molecule has 0 aliphatic rings. The Balaban J connectivity index is 3.47. The average molecular weight is 309 g/mol. The van der Waals surface area contributed by atoms with Crippen LogP contribution in [0.2, 0.25) is 0 Å². The number of nitriles is 1. The van der Waals surface area contributed by atoms with Gasteiger partial charge in [-0.15, -0.1) is 0 Å². The zero-order valence-corrected chi connectivity index (χ0v) is 9.06. The largest absolute Gasteiger partial charge is 0.275 e. The standard InChI is InChI=1S/C8H2ClFINO/c9-8(13)6-2-5(11)1-4(3-12)7(6)10/h1-2H. The van der Waals surface area contributed by atoms with Crippen LogP contribution in [0.5, 0.6) is 0 Å². The molecule has 0 bridgehead atoms. The van der Waals surface area contributed by atoms with Crippen LogP contribution < -0.4 is 0 Å². The van der Waals surface area contributed by atoms with Gasteiger partial charge in [0, 0.05) is 3.57 Å². The van der Waals surface area contributed by atoms with Crippen molar-refractivity contribution in [3.63, 3.8) is 0 Å². The minimum Gasteiger partial charge on any atom is -0.275 e. The molecule has 0 unspecified atom stereocenters. The first-order valence-electron chi connectivity index (χ1n) is 3.15. The SMILES string of the molecule is N#Cc1cc(I)cc(C(=O)Cl)c1F. The van der Waals surface area contributed by atoms with E-state index in [0.29, 0.717) is 3.57 Å². The maximum absolute atomic E-state index is 13.2. The van der Waals surface area contributed by atoms with Gasteiger partial charge in [-0.05, 0) is 46.3 Å². The van der Waals surface area contributed by atoms with Gasteiger partial charge >= 0.3 is 0 Å². The molecule has 0 fully saturated rings. The third-order valence-corrected chi connectivity index (χ3v) is 2.20. The second-order valence-corrected chi connectivity index (χ2v) is 3.79. The fourth-order valence-corrected chi connectivity index (χ4v) is 1.57. The summed E-state index contributed by atoms with van der Waals surface area (Å²) in [6, 6.07) is 4.28. The number of hydrogen-bond donors (Lipinski definition) is 0. The summed E-state index contributed by atoms with van der Waals surface area (Å²) >= 11 is 6.99. The Morgan fingerprint density at radius 1 is 1.62 bits per heavy atom. The summed E-state index contributed by atoms with van der Waals surface area (Å²) in [4.78, 5) is 10.7. The third-order valence-electron chi connectivity index (χ3n) is 1.37. The highest BCUT2D eigenvalue weighted by atomic mass is 127. The Labute approximate surface area is 92.4 Å². The van der Waals surface area contributed by atoms with Crippen LogP contribution >= 0.6 is 34.2 Å². The van der Waals surface area contributed by atoms with Crippen LogP contribution in [0.25, 0.3) is 0 Å². The lowest BCUT2D eigenvalue weighted by Gasteiger charge is -1.99. The van der Waals surface area contributed by atoms with Gasteiger partial charge in [0.1, 0.15) is 6.07 Å². The van der Waals surface area contributed by atoms with E-state index in [1.807, 2.05) is 22.6 Å². The molecule has 1 aromatic rings. The van der Waals surface area contributed by atoms with E-state index in [1.165, 1.54) is 12.1 Å². The average Bonchev–Trinajstić information content (AvgIpc) is 2.08. The van der Waals surface area contributed by atoms with Crippen LogP contribution in [0.4, 0.5) is 4.39 Å².